The fraction of sp³-hybridized carbons (Fsp3) is 0.176. The first-order valence-corrected chi connectivity index (χ1v) is 8.00. The Bertz CT molecular complexity index is 836. The zero-order valence-corrected chi connectivity index (χ0v) is 12.8. The Balaban J connectivity index is 1.82. The highest BCUT2D eigenvalue weighted by molar-refractivity contribution is 7.99. The molecule has 0 radical (unpaired) electrons. The summed E-state index contributed by atoms with van der Waals surface area (Å²) in [6.07, 6.45) is 0. The molecule has 0 saturated heterocycles. The standard InChI is InChI=1S/C17H15N3OS/c1-17(21)14(11-7-3-2-4-8-11)22-16-15(20-17)18-12-9-5-6-10-13(12)19-16/h2-10,14,21H,1H3,(H,18,20). The van der Waals surface area contributed by atoms with Gasteiger partial charge in [0.1, 0.15) is 10.8 Å². The van der Waals surface area contributed by atoms with Gasteiger partial charge in [-0.15, -0.1) is 0 Å². The maximum atomic E-state index is 10.8. The number of nitrogens with zero attached hydrogens (tertiary/aromatic N) is 2. The number of nitrogens with one attached hydrogen (secondary N) is 1. The summed E-state index contributed by atoms with van der Waals surface area (Å²) in [7, 11) is 0. The van der Waals surface area contributed by atoms with Gasteiger partial charge < -0.3 is 10.4 Å². The summed E-state index contributed by atoms with van der Waals surface area (Å²) >= 11 is 1.55. The number of hydrogen-bond acceptors (Lipinski definition) is 5. The van der Waals surface area contributed by atoms with E-state index in [9.17, 15) is 5.11 Å². The third-order valence-electron chi connectivity index (χ3n) is 3.75. The number of hydrogen-bond donors (Lipinski definition) is 2. The van der Waals surface area contributed by atoms with E-state index in [4.69, 9.17) is 0 Å². The molecule has 5 heteroatoms. The molecule has 2 N–H and O–H groups in total. The molecule has 0 bridgehead atoms. The molecule has 0 amide bonds. The first-order chi connectivity index (χ1) is 10.6. The Kier molecular flexibility index (Phi) is 3.06. The van der Waals surface area contributed by atoms with Crippen LogP contribution >= 0.6 is 11.8 Å². The topological polar surface area (TPSA) is 58.0 Å². The van der Waals surface area contributed by atoms with Crippen LogP contribution in [0.4, 0.5) is 5.82 Å². The fourth-order valence-electron chi connectivity index (χ4n) is 2.70. The van der Waals surface area contributed by atoms with Gasteiger partial charge in [-0.2, -0.15) is 0 Å². The Morgan fingerprint density at radius 1 is 1.00 bits per heavy atom. The SMILES string of the molecule is CC1(O)Nc2nc3ccccc3nc2SC1c1ccccc1. The maximum absolute atomic E-state index is 10.8. The third-order valence-corrected chi connectivity index (χ3v) is 5.23. The molecular formula is C17H15N3OS. The van der Waals surface area contributed by atoms with E-state index in [2.05, 4.69) is 15.3 Å². The van der Waals surface area contributed by atoms with Gasteiger partial charge in [-0.05, 0) is 24.6 Å². The zero-order chi connectivity index (χ0) is 15.2. The fourth-order valence-corrected chi connectivity index (χ4v) is 3.86. The number of rotatable bonds is 1. The molecule has 0 fully saturated rings. The van der Waals surface area contributed by atoms with Crippen molar-refractivity contribution in [1.82, 2.24) is 9.97 Å². The Hall–Kier alpha value is -2.11. The molecule has 0 aliphatic carbocycles. The van der Waals surface area contributed by atoms with E-state index < -0.39 is 5.72 Å². The van der Waals surface area contributed by atoms with Crippen molar-refractivity contribution in [3.8, 4) is 0 Å². The van der Waals surface area contributed by atoms with Crippen LogP contribution in [0.5, 0.6) is 0 Å². The van der Waals surface area contributed by atoms with Crippen LogP contribution in [0.25, 0.3) is 11.0 Å². The van der Waals surface area contributed by atoms with Crippen molar-refractivity contribution < 1.29 is 5.11 Å². The van der Waals surface area contributed by atoms with Crippen LogP contribution in [0, 0.1) is 0 Å². The lowest BCUT2D eigenvalue weighted by Gasteiger charge is -2.38. The van der Waals surface area contributed by atoms with Crippen LogP contribution in [-0.2, 0) is 0 Å². The second kappa shape index (κ2) is 4.97. The van der Waals surface area contributed by atoms with Crippen LogP contribution in [-0.4, -0.2) is 20.8 Å². The minimum Gasteiger partial charge on any atom is -0.370 e. The van der Waals surface area contributed by atoms with Gasteiger partial charge in [0, 0.05) is 0 Å². The molecule has 2 unspecified atom stereocenters. The maximum Gasteiger partial charge on any atom is 0.161 e. The van der Waals surface area contributed by atoms with E-state index in [1.165, 1.54) is 0 Å². The Morgan fingerprint density at radius 3 is 2.36 bits per heavy atom. The molecule has 4 rings (SSSR count). The van der Waals surface area contributed by atoms with Gasteiger partial charge in [0.2, 0.25) is 0 Å². The molecule has 22 heavy (non-hydrogen) atoms. The molecule has 2 atom stereocenters. The number of fused-ring (bicyclic) bond motifs is 2. The molecule has 1 aromatic heterocycles. The lowest BCUT2D eigenvalue weighted by atomic mass is 10.0. The van der Waals surface area contributed by atoms with Crippen molar-refractivity contribution in [2.24, 2.45) is 0 Å². The number of thioether (sulfide) groups is 1. The van der Waals surface area contributed by atoms with E-state index in [0.29, 0.717) is 5.82 Å². The summed E-state index contributed by atoms with van der Waals surface area (Å²) in [4.78, 5) is 9.27. The summed E-state index contributed by atoms with van der Waals surface area (Å²) in [6, 6.07) is 17.7. The lowest BCUT2D eigenvalue weighted by molar-refractivity contribution is 0.0849. The van der Waals surface area contributed by atoms with Crippen molar-refractivity contribution in [1.29, 1.82) is 0 Å². The second-order valence-electron chi connectivity index (χ2n) is 5.55. The molecule has 110 valence electrons. The number of aromatic nitrogens is 2. The highest BCUT2D eigenvalue weighted by atomic mass is 32.2. The van der Waals surface area contributed by atoms with Gasteiger partial charge in [-0.1, -0.05) is 54.2 Å². The minimum atomic E-state index is -1.09. The Morgan fingerprint density at radius 2 is 1.64 bits per heavy atom. The van der Waals surface area contributed by atoms with E-state index in [1.807, 2.05) is 54.6 Å². The quantitative estimate of drug-likeness (QED) is 0.719. The van der Waals surface area contributed by atoms with Gasteiger partial charge in [0.05, 0.1) is 16.3 Å². The number of anilines is 1. The minimum absolute atomic E-state index is 0.142. The van der Waals surface area contributed by atoms with E-state index in [-0.39, 0.29) is 5.25 Å². The third kappa shape index (κ3) is 2.23. The lowest BCUT2D eigenvalue weighted by Crippen LogP contribution is -2.42. The van der Waals surface area contributed by atoms with Gasteiger partial charge >= 0.3 is 0 Å². The summed E-state index contributed by atoms with van der Waals surface area (Å²) in [5.41, 5.74) is 1.66. The molecule has 0 spiro atoms. The predicted octanol–water partition coefficient (Wildman–Crippen LogP) is 3.60. The summed E-state index contributed by atoms with van der Waals surface area (Å²) < 4.78 is 0. The van der Waals surface area contributed by atoms with Crippen molar-refractivity contribution in [3.63, 3.8) is 0 Å². The average Bonchev–Trinajstić information content (AvgIpc) is 2.52. The van der Waals surface area contributed by atoms with Crippen LogP contribution in [0.1, 0.15) is 17.7 Å². The highest BCUT2D eigenvalue weighted by Gasteiger charge is 2.40. The van der Waals surface area contributed by atoms with Crippen molar-refractivity contribution in [2.75, 3.05) is 5.32 Å². The first kappa shape index (κ1) is 13.5. The normalized spacial score (nSPS) is 23.8. The molecule has 1 aliphatic rings. The second-order valence-corrected chi connectivity index (χ2v) is 6.64. The van der Waals surface area contributed by atoms with E-state index in [0.717, 1.165) is 21.6 Å². The van der Waals surface area contributed by atoms with Gasteiger partial charge in [-0.3, -0.25) is 0 Å². The van der Waals surface area contributed by atoms with E-state index in [1.54, 1.807) is 18.7 Å². The van der Waals surface area contributed by atoms with Crippen molar-refractivity contribution in [3.05, 3.63) is 60.2 Å². The van der Waals surface area contributed by atoms with Crippen molar-refractivity contribution >= 4 is 28.6 Å². The Labute approximate surface area is 132 Å². The summed E-state index contributed by atoms with van der Waals surface area (Å²) in [5.74, 6) is 0.640. The summed E-state index contributed by atoms with van der Waals surface area (Å²) in [5, 5.41) is 14.6. The van der Waals surface area contributed by atoms with Gasteiger partial charge in [0.15, 0.2) is 5.82 Å². The molecule has 4 nitrogen and oxygen atoms in total. The predicted molar refractivity (Wildman–Crippen MR) is 88.8 cm³/mol. The number of benzene rings is 2. The zero-order valence-electron chi connectivity index (χ0n) is 12.0. The largest absolute Gasteiger partial charge is 0.370 e. The monoisotopic (exact) mass is 309 g/mol. The number of para-hydroxylation sites is 2. The average molecular weight is 309 g/mol. The van der Waals surface area contributed by atoms with Crippen LogP contribution < -0.4 is 5.32 Å². The van der Waals surface area contributed by atoms with Crippen molar-refractivity contribution in [2.45, 2.75) is 22.9 Å². The van der Waals surface area contributed by atoms with E-state index >= 15 is 0 Å². The van der Waals surface area contributed by atoms with Crippen LogP contribution in [0.3, 0.4) is 0 Å². The van der Waals surface area contributed by atoms with Crippen LogP contribution in [0.2, 0.25) is 0 Å². The molecule has 2 heterocycles. The molecular weight excluding hydrogens is 294 g/mol. The van der Waals surface area contributed by atoms with Gasteiger partial charge in [-0.25, -0.2) is 9.97 Å². The molecule has 2 aromatic carbocycles. The first-order valence-electron chi connectivity index (χ1n) is 7.12. The molecule has 1 aliphatic heterocycles. The summed E-state index contributed by atoms with van der Waals surface area (Å²) in [6.45, 7) is 1.78. The number of aliphatic hydroxyl groups is 1. The van der Waals surface area contributed by atoms with Gasteiger partial charge in [0.25, 0.3) is 0 Å². The highest BCUT2D eigenvalue weighted by Crippen LogP contribution is 2.48. The smallest absolute Gasteiger partial charge is 0.161 e. The van der Waals surface area contributed by atoms with Crippen LogP contribution in [0.15, 0.2) is 59.6 Å². The molecule has 0 saturated carbocycles. The molecule has 3 aromatic rings.